The minimum absolute atomic E-state index is 0.0980. The van der Waals surface area contributed by atoms with E-state index in [1.165, 1.54) is 38.8 Å². The Labute approximate surface area is 428 Å². The van der Waals surface area contributed by atoms with E-state index < -0.39 is 6.17 Å². The summed E-state index contributed by atoms with van der Waals surface area (Å²) in [5.41, 5.74) is 22.1. The van der Waals surface area contributed by atoms with Crippen molar-refractivity contribution >= 4 is 79.3 Å². The number of hydrogen-bond acceptors (Lipinski definition) is 5. The summed E-state index contributed by atoms with van der Waals surface area (Å²) in [7, 11) is 5.77. The number of fused-ring (bicyclic) bond motifs is 6. The van der Waals surface area contributed by atoms with Gasteiger partial charge in [-0.3, -0.25) is 4.57 Å². The van der Waals surface area contributed by atoms with Crippen molar-refractivity contribution in [3.05, 3.63) is 239 Å². The number of aliphatic imine (C=N–C) groups is 2. The predicted octanol–water partition coefficient (Wildman–Crippen LogP) is 9.52. The molecule has 9 aromatic rings. The normalized spacial score (nSPS) is 16.8. The van der Waals surface area contributed by atoms with Crippen LogP contribution in [0.5, 0.6) is 11.5 Å². The number of hydrogen-bond donors (Lipinski definition) is 3. The summed E-state index contributed by atoms with van der Waals surface area (Å²) in [5, 5.41) is 28.7. The Morgan fingerprint density at radius 1 is 0.562 bits per heavy atom. The van der Waals surface area contributed by atoms with Gasteiger partial charge in [-0.1, -0.05) is 175 Å². The fraction of sp³-hybridized carbons (Fsp3) is 0.0938. The van der Waals surface area contributed by atoms with Crippen molar-refractivity contribution in [2.75, 3.05) is 0 Å². The first kappa shape index (κ1) is 44.4. The molecule has 73 heavy (non-hydrogen) atoms. The molecule has 0 saturated heterocycles. The summed E-state index contributed by atoms with van der Waals surface area (Å²) in [5.74, 6) is 1.38. The zero-order valence-electron chi connectivity index (χ0n) is 41.2. The minimum atomic E-state index is -0.434. The molecule has 348 valence electrons. The number of nitrogens with one attached hydrogen (secondary N) is 1. The van der Waals surface area contributed by atoms with Crippen molar-refractivity contribution in [1.82, 2.24) is 9.88 Å². The van der Waals surface area contributed by atoms with Gasteiger partial charge >= 0.3 is 0 Å². The maximum absolute atomic E-state index is 12.3. The number of aromatic nitrogens is 1. The monoisotopic (exact) mass is 940 g/mol. The van der Waals surface area contributed by atoms with Gasteiger partial charge in [0.2, 0.25) is 5.96 Å². The number of allylic oxidation sites excluding steroid dienone is 6. The molecule has 0 saturated carbocycles. The van der Waals surface area contributed by atoms with Crippen LogP contribution in [0.3, 0.4) is 0 Å². The molecule has 1 aromatic heterocycles. The van der Waals surface area contributed by atoms with E-state index in [-0.39, 0.29) is 17.4 Å². The fourth-order valence-electron chi connectivity index (χ4n) is 12.0. The Morgan fingerprint density at radius 3 is 2.00 bits per heavy atom. The highest BCUT2D eigenvalue weighted by atomic mass is 16.3. The number of aromatic hydroxyl groups is 2. The molecular formula is C64H51B3N4O2. The second-order valence-corrected chi connectivity index (χ2v) is 19.9. The van der Waals surface area contributed by atoms with Crippen LogP contribution >= 0.6 is 0 Å². The Hall–Kier alpha value is -8.55. The first-order valence-corrected chi connectivity index (χ1v) is 25.5. The van der Waals surface area contributed by atoms with Crippen LogP contribution in [0.1, 0.15) is 76.0 Å². The highest BCUT2D eigenvalue weighted by Gasteiger charge is 2.41. The summed E-state index contributed by atoms with van der Waals surface area (Å²) >= 11 is 0. The molecule has 2 unspecified atom stereocenters. The third kappa shape index (κ3) is 7.44. The van der Waals surface area contributed by atoms with Gasteiger partial charge in [0, 0.05) is 22.4 Å². The molecule has 0 radical (unpaired) electrons. The molecule has 3 aliphatic carbocycles. The average Bonchev–Trinajstić information content (AvgIpc) is 3.98. The summed E-state index contributed by atoms with van der Waals surface area (Å²) in [6.45, 7) is 0. The number of benzene rings is 8. The zero-order valence-corrected chi connectivity index (χ0v) is 41.2. The van der Waals surface area contributed by atoms with Crippen molar-refractivity contribution < 1.29 is 10.2 Å². The molecule has 0 amide bonds. The number of para-hydroxylation sites is 1. The van der Waals surface area contributed by atoms with Crippen molar-refractivity contribution in [3.63, 3.8) is 0 Å². The lowest BCUT2D eigenvalue weighted by atomic mass is 9.69. The number of amidine groups is 1. The first-order valence-electron chi connectivity index (χ1n) is 25.5. The van der Waals surface area contributed by atoms with Crippen molar-refractivity contribution in [2.45, 2.75) is 37.8 Å². The second-order valence-electron chi connectivity index (χ2n) is 19.9. The number of rotatable bonds is 7. The number of phenolic OH excluding ortho intramolecular Hbond substituents is 2. The van der Waals surface area contributed by atoms with E-state index in [1.807, 2.05) is 21.8 Å². The maximum Gasteiger partial charge on any atom is 0.211 e. The lowest BCUT2D eigenvalue weighted by Crippen LogP contribution is -2.38. The maximum atomic E-state index is 12.3. The summed E-state index contributed by atoms with van der Waals surface area (Å²) in [6.07, 6.45) is 10.2. The van der Waals surface area contributed by atoms with Gasteiger partial charge in [-0.25, -0.2) is 4.99 Å². The van der Waals surface area contributed by atoms with Gasteiger partial charge < -0.3 is 15.5 Å². The van der Waals surface area contributed by atoms with Crippen LogP contribution in [0.25, 0.3) is 61.0 Å². The molecule has 0 fully saturated rings. The van der Waals surface area contributed by atoms with E-state index in [1.54, 1.807) is 7.85 Å². The highest BCUT2D eigenvalue weighted by Crippen LogP contribution is 2.57. The molecule has 6 nitrogen and oxygen atoms in total. The molecule has 0 bridgehead atoms. The van der Waals surface area contributed by atoms with Crippen LogP contribution in [0.15, 0.2) is 204 Å². The Balaban J connectivity index is 1.06. The van der Waals surface area contributed by atoms with Gasteiger partial charge in [0.05, 0.1) is 11.2 Å². The smallest absolute Gasteiger partial charge is 0.211 e. The van der Waals surface area contributed by atoms with Crippen LogP contribution in [0.4, 0.5) is 0 Å². The zero-order chi connectivity index (χ0) is 49.3. The topological polar surface area (TPSA) is 82.1 Å². The Kier molecular flexibility index (Phi) is 10.9. The van der Waals surface area contributed by atoms with E-state index in [0.717, 1.165) is 103 Å². The Bertz CT molecular complexity index is 3860. The van der Waals surface area contributed by atoms with Gasteiger partial charge in [0.15, 0.2) is 5.84 Å². The minimum Gasteiger partial charge on any atom is -0.509 e. The number of phenols is 2. The standard InChI is InChI=1S/C64H51B3N4O2/c65-56-55(60(72)58(67)61(73)57(56)66)51-36-41(37-17-5-1-6-18-37)29-30-49(51)53-47-27-14-13-25-45(47)48-31-32-50-46-26-15-16-28-52(46)71(59(50)54(48)53)64-69-62(40-23-11-4-12-24-40)68-63(70-64)44-34-42(38-19-7-2-8-20-38)33-43(35-44)39-21-9-3-10-22-39/h1-2,4-9,11-30,33-36,53,62,72-73H,3,10,31-32,65-67H2,(H,68,69,70). The van der Waals surface area contributed by atoms with E-state index in [0.29, 0.717) is 17.3 Å². The Morgan fingerprint density at radius 2 is 1.23 bits per heavy atom. The summed E-state index contributed by atoms with van der Waals surface area (Å²) < 4.78 is 2.40. The van der Waals surface area contributed by atoms with Gasteiger partial charge in [-0.05, 0) is 139 Å². The molecule has 2 heterocycles. The molecule has 3 N–H and O–H groups in total. The largest absolute Gasteiger partial charge is 0.509 e. The van der Waals surface area contributed by atoms with E-state index in [4.69, 9.17) is 9.98 Å². The molecule has 8 aromatic carbocycles. The molecule has 0 spiro atoms. The second kappa shape index (κ2) is 17.9. The third-order valence-electron chi connectivity index (χ3n) is 15.7. The lowest BCUT2D eigenvalue weighted by Gasteiger charge is -2.29. The SMILES string of the molecule is Bc1c(B)c(-c2cc(-c3ccccc3)ccc2C2C3=C(CCc4c3n(C3=NC(c5cc(C6=CCCC=C6)cc(-c6ccccc6)c5)=NC(c5ccccc5)N3)c3ccccc43)c3ccccc32)c(O)c(B)c1O. The fourth-order valence-corrected chi connectivity index (χ4v) is 12.0. The number of aryl methyl sites for hydroxylation is 1. The van der Waals surface area contributed by atoms with Gasteiger partial charge in [-0.2, -0.15) is 4.99 Å². The molecule has 9 heteroatoms. The van der Waals surface area contributed by atoms with Crippen LogP contribution in [-0.2, 0) is 6.42 Å². The van der Waals surface area contributed by atoms with E-state index in [9.17, 15) is 10.2 Å². The first-order chi connectivity index (χ1) is 35.8. The average molecular weight is 941 g/mol. The van der Waals surface area contributed by atoms with Crippen molar-refractivity contribution in [2.24, 2.45) is 9.98 Å². The van der Waals surface area contributed by atoms with Crippen molar-refractivity contribution in [1.29, 1.82) is 0 Å². The predicted molar refractivity (Wildman–Crippen MR) is 310 cm³/mol. The molecule has 2 atom stereocenters. The molecule has 13 rings (SSSR count). The lowest BCUT2D eigenvalue weighted by molar-refractivity contribution is 0.463. The molecular weight excluding hydrogens is 889 g/mol. The summed E-state index contributed by atoms with van der Waals surface area (Å²) in [6, 6.07) is 62.8. The third-order valence-corrected chi connectivity index (χ3v) is 15.7. The molecule has 4 aliphatic rings. The van der Waals surface area contributed by atoms with E-state index in [2.05, 4.69) is 198 Å². The van der Waals surface area contributed by atoms with Crippen LogP contribution in [0.2, 0.25) is 0 Å². The highest BCUT2D eigenvalue weighted by molar-refractivity contribution is 6.55. The summed E-state index contributed by atoms with van der Waals surface area (Å²) in [4.78, 5) is 11.2. The van der Waals surface area contributed by atoms with Gasteiger partial charge in [0.25, 0.3) is 0 Å². The van der Waals surface area contributed by atoms with Crippen LogP contribution in [0, 0.1) is 0 Å². The van der Waals surface area contributed by atoms with Crippen LogP contribution < -0.4 is 21.7 Å². The quantitative estimate of drug-likeness (QED) is 0.139. The van der Waals surface area contributed by atoms with Gasteiger partial charge in [0.1, 0.15) is 41.2 Å². The van der Waals surface area contributed by atoms with E-state index >= 15 is 0 Å². The van der Waals surface area contributed by atoms with Crippen molar-refractivity contribution in [3.8, 4) is 44.9 Å². The van der Waals surface area contributed by atoms with Crippen LogP contribution in [-0.4, -0.2) is 50.1 Å². The number of nitrogens with zero attached hydrogens (tertiary/aromatic N) is 3. The molecule has 1 aliphatic heterocycles. The van der Waals surface area contributed by atoms with Gasteiger partial charge in [-0.15, -0.1) is 0 Å².